The van der Waals surface area contributed by atoms with Crippen LogP contribution < -0.4 is 4.74 Å². The van der Waals surface area contributed by atoms with Gasteiger partial charge < -0.3 is 14.7 Å². The highest BCUT2D eigenvalue weighted by molar-refractivity contribution is 7.89. The highest BCUT2D eigenvalue weighted by Crippen LogP contribution is 2.37. The molecule has 0 unspecified atom stereocenters. The molecule has 1 N–H and O–H groups in total. The van der Waals surface area contributed by atoms with Crippen molar-refractivity contribution in [3.05, 3.63) is 48.3 Å². The molecule has 3 atom stereocenters. The standard InChI is InChI=1S/C25H31FN2O5S/c1-16-13-28(17(2)15-29)34(31,32)24-11-10-19(20-6-4-5-7-21(20)26)12-22(24)33-23(16)14-27(3)25(30)18-8-9-18/h4-7,10-12,16-18,23,29H,8-9,13-15H2,1-3H3/t16-,17-,23-/m0/s1. The molecule has 1 heterocycles. The molecule has 2 aliphatic rings. The number of aliphatic hydroxyl groups is 1. The quantitative estimate of drug-likeness (QED) is 0.672. The van der Waals surface area contributed by atoms with Crippen LogP contribution in [0.2, 0.25) is 0 Å². The summed E-state index contributed by atoms with van der Waals surface area (Å²) in [5.41, 5.74) is 0.822. The van der Waals surface area contributed by atoms with Gasteiger partial charge in [-0.05, 0) is 43.5 Å². The fourth-order valence-electron chi connectivity index (χ4n) is 4.31. The van der Waals surface area contributed by atoms with Crippen molar-refractivity contribution < 1.29 is 27.4 Å². The fraction of sp³-hybridized carbons (Fsp3) is 0.480. The molecule has 0 aromatic heterocycles. The first-order chi connectivity index (χ1) is 16.1. The van der Waals surface area contributed by atoms with Crippen LogP contribution in [0.3, 0.4) is 0 Å². The number of carbonyl (C=O) groups excluding carboxylic acids is 1. The van der Waals surface area contributed by atoms with Crippen molar-refractivity contribution in [1.82, 2.24) is 9.21 Å². The van der Waals surface area contributed by atoms with Crippen LogP contribution >= 0.6 is 0 Å². The Balaban J connectivity index is 1.78. The van der Waals surface area contributed by atoms with Crippen LogP contribution in [0.15, 0.2) is 47.4 Å². The zero-order chi connectivity index (χ0) is 24.6. The zero-order valence-corrected chi connectivity index (χ0v) is 20.5. The topological polar surface area (TPSA) is 87.2 Å². The second-order valence-electron chi connectivity index (χ2n) is 9.37. The van der Waals surface area contributed by atoms with Crippen LogP contribution in [0.4, 0.5) is 4.39 Å². The number of aliphatic hydroxyl groups excluding tert-OH is 1. The van der Waals surface area contributed by atoms with E-state index in [0.29, 0.717) is 17.7 Å². The van der Waals surface area contributed by atoms with E-state index in [1.54, 1.807) is 49.2 Å². The minimum atomic E-state index is -3.99. The molecule has 1 fully saturated rings. The number of amides is 1. The highest BCUT2D eigenvalue weighted by atomic mass is 32.2. The van der Waals surface area contributed by atoms with Crippen LogP contribution in [0, 0.1) is 17.7 Å². The summed E-state index contributed by atoms with van der Waals surface area (Å²) in [5.74, 6) is -0.471. The van der Waals surface area contributed by atoms with Crippen LogP contribution in [0.25, 0.3) is 11.1 Å². The minimum absolute atomic E-state index is 0.0408. The first-order valence-electron chi connectivity index (χ1n) is 11.6. The van der Waals surface area contributed by atoms with Crippen molar-refractivity contribution in [3.63, 3.8) is 0 Å². The van der Waals surface area contributed by atoms with E-state index in [-0.39, 0.29) is 41.5 Å². The Hall–Kier alpha value is -2.49. The van der Waals surface area contributed by atoms with Crippen LogP contribution in [-0.2, 0) is 14.8 Å². The summed E-state index contributed by atoms with van der Waals surface area (Å²) in [4.78, 5) is 14.2. The molecule has 9 heteroatoms. The lowest BCUT2D eigenvalue weighted by atomic mass is 10.0. The molecule has 184 valence electrons. The van der Waals surface area contributed by atoms with Gasteiger partial charge >= 0.3 is 0 Å². The van der Waals surface area contributed by atoms with Gasteiger partial charge in [0.2, 0.25) is 15.9 Å². The predicted molar refractivity (Wildman–Crippen MR) is 126 cm³/mol. The highest BCUT2D eigenvalue weighted by Gasteiger charge is 2.39. The SMILES string of the molecule is C[C@H]1CN([C@@H](C)CO)S(=O)(=O)c2ccc(-c3ccccc3F)cc2O[C@H]1CN(C)C(=O)C1CC1. The molecule has 1 aliphatic carbocycles. The van der Waals surface area contributed by atoms with Crippen molar-refractivity contribution in [2.45, 2.75) is 43.7 Å². The van der Waals surface area contributed by atoms with Gasteiger partial charge in [-0.1, -0.05) is 31.2 Å². The van der Waals surface area contributed by atoms with Gasteiger partial charge in [0.25, 0.3) is 0 Å². The van der Waals surface area contributed by atoms with Gasteiger partial charge in [-0.3, -0.25) is 4.79 Å². The van der Waals surface area contributed by atoms with Gasteiger partial charge in [0.05, 0.1) is 13.2 Å². The number of likely N-dealkylation sites (N-methyl/N-ethyl adjacent to an activating group) is 1. The van der Waals surface area contributed by atoms with Crippen molar-refractivity contribution in [2.75, 3.05) is 26.7 Å². The number of ether oxygens (including phenoxy) is 1. The molecule has 4 rings (SSSR count). The molecule has 34 heavy (non-hydrogen) atoms. The summed E-state index contributed by atoms with van der Waals surface area (Å²) < 4.78 is 49.2. The second-order valence-corrected chi connectivity index (χ2v) is 11.2. The molecule has 2 aromatic carbocycles. The van der Waals surface area contributed by atoms with Crippen LogP contribution in [-0.4, -0.2) is 67.5 Å². The van der Waals surface area contributed by atoms with E-state index in [1.807, 2.05) is 6.92 Å². The molecule has 1 saturated carbocycles. The number of carbonyl (C=O) groups is 1. The lowest BCUT2D eigenvalue weighted by molar-refractivity contribution is -0.132. The second kappa shape index (κ2) is 9.64. The number of hydrogen-bond acceptors (Lipinski definition) is 5. The lowest BCUT2D eigenvalue weighted by Crippen LogP contribution is -2.50. The van der Waals surface area contributed by atoms with Gasteiger partial charge in [-0.25, -0.2) is 12.8 Å². The smallest absolute Gasteiger partial charge is 0.247 e. The number of rotatable bonds is 6. The number of sulfonamides is 1. The van der Waals surface area contributed by atoms with E-state index in [4.69, 9.17) is 4.74 Å². The van der Waals surface area contributed by atoms with Gasteiger partial charge in [0.15, 0.2) is 0 Å². The van der Waals surface area contributed by atoms with E-state index in [9.17, 15) is 22.7 Å². The van der Waals surface area contributed by atoms with E-state index in [2.05, 4.69) is 0 Å². The van der Waals surface area contributed by atoms with Gasteiger partial charge in [-0.2, -0.15) is 4.31 Å². The first kappa shape index (κ1) is 24.6. The fourth-order valence-corrected chi connectivity index (χ4v) is 6.13. The van der Waals surface area contributed by atoms with Gasteiger partial charge in [-0.15, -0.1) is 0 Å². The van der Waals surface area contributed by atoms with E-state index < -0.39 is 28.0 Å². The van der Waals surface area contributed by atoms with Crippen LogP contribution in [0.5, 0.6) is 5.75 Å². The summed E-state index contributed by atoms with van der Waals surface area (Å²) in [6, 6.07) is 10.1. The zero-order valence-electron chi connectivity index (χ0n) is 19.6. The van der Waals surface area contributed by atoms with E-state index in [0.717, 1.165) is 12.8 Å². The monoisotopic (exact) mass is 490 g/mol. The third-order valence-electron chi connectivity index (χ3n) is 6.61. The molecule has 1 amide bonds. The summed E-state index contributed by atoms with van der Waals surface area (Å²) >= 11 is 0. The van der Waals surface area contributed by atoms with Crippen LogP contribution in [0.1, 0.15) is 26.7 Å². The number of benzene rings is 2. The molecule has 2 aromatic rings. The number of nitrogens with zero attached hydrogens (tertiary/aromatic N) is 2. The number of halogens is 1. The number of fused-ring (bicyclic) bond motifs is 1. The Kier molecular flexibility index (Phi) is 6.98. The third kappa shape index (κ3) is 4.82. The molecular formula is C25H31FN2O5S. The van der Waals surface area contributed by atoms with E-state index >= 15 is 0 Å². The average Bonchev–Trinajstić information content (AvgIpc) is 3.66. The molecule has 0 bridgehead atoms. The summed E-state index contributed by atoms with van der Waals surface area (Å²) in [7, 11) is -2.26. The summed E-state index contributed by atoms with van der Waals surface area (Å²) in [6.45, 7) is 3.62. The Labute approximate surface area is 200 Å². The Morgan fingerprint density at radius 1 is 1.26 bits per heavy atom. The molecule has 7 nitrogen and oxygen atoms in total. The Morgan fingerprint density at radius 3 is 2.62 bits per heavy atom. The largest absolute Gasteiger partial charge is 0.487 e. The Bertz CT molecular complexity index is 1170. The van der Waals surface area contributed by atoms with Gasteiger partial charge in [0.1, 0.15) is 22.6 Å². The normalized spacial score (nSPS) is 23.2. The molecule has 0 saturated heterocycles. The van der Waals surface area contributed by atoms with Crippen molar-refractivity contribution in [3.8, 4) is 16.9 Å². The van der Waals surface area contributed by atoms with E-state index in [1.165, 1.54) is 16.4 Å². The third-order valence-corrected chi connectivity index (χ3v) is 8.63. The average molecular weight is 491 g/mol. The van der Waals surface area contributed by atoms with Crippen molar-refractivity contribution >= 4 is 15.9 Å². The molecule has 0 radical (unpaired) electrons. The number of hydrogen-bond donors (Lipinski definition) is 1. The van der Waals surface area contributed by atoms with Crippen molar-refractivity contribution in [2.24, 2.45) is 11.8 Å². The lowest BCUT2D eigenvalue weighted by Gasteiger charge is -2.37. The summed E-state index contributed by atoms with van der Waals surface area (Å²) in [5, 5.41) is 9.76. The van der Waals surface area contributed by atoms with Gasteiger partial charge in [0, 0.05) is 37.0 Å². The minimum Gasteiger partial charge on any atom is -0.487 e. The molecule has 0 spiro atoms. The predicted octanol–water partition coefficient (Wildman–Crippen LogP) is 3.13. The molecule has 1 aliphatic heterocycles. The molecular weight excluding hydrogens is 459 g/mol. The maximum atomic E-state index is 14.5. The van der Waals surface area contributed by atoms with Crippen molar-refractivity contribution in [1.29, 1.82) is 0 Å². The summed E-state index contributed by atoms with van der Waals surface area (Å²) in [6.07, 6.45) is 1.28. The maximum Gasteiger partial charge on any atom is 0.247 e. The first-order valence-corrected chi connectivity index (χ1v) is 13.0. The maximum absolute atomic E-state index is 14.5. The Morgan fingerprint density at radius 2 is 1.97 bits per heavy atom.